The fraction of sp³-hybridized carbons (Fsp3) is 0.364. The molecule has 0 saturated carbocycles. The molecule has 164 valence electrons. The molecule has 0 saturated heterocycles. The van der Waals surface area contributed by atoms with Gasteiger partial charge in [-0.05, 0) is 50.1 Å². The van der Waals surface area contributed by atoms with Gasteiger partial charge in [-0.3, -0.25) is 9.59 Å². The van der Waals surface area contributed by atoms with Crippen molar-refractivity contribution in [3.8, 4) is 11.4 Å². The van der Waals surface area contributed by atoms with Gasteiger partial charge in [0.2, 0.25) is 0 Å². The molecule has 31 heavy (non-hydrogen) atoms. The maximum atomic E-state index is 12.1. The molecule has 0 aliphatic heterocycles. The van der Waals surface area contributed by atoms with Crippen molar-refractivity contribution in [1.29, 1.82) is 0 Å². The van der Waals surface area contributed by atoms with Crippen LogP contribution in [0.25, 0.3) is 16.7 Å². The van der Waals surface area contributed by atoms with Gasteiger partial charge in [0.15, 0.2) is 0 Å². The summed E-state index contributed by atoms with van der Waals surface area (Å²) in [4.78, 5) is 25.4. The average molecular weight is 425 g/mol. The Morgan fingerprint density at radius 3 is 2.32 bits per heavy atom. The third kappa shape index (κ3) is 5.79. The van der Waals surface area contributed by atoms with Gasteiger partial charge in [0, 0.05) is 18.7 Å². The number of aromatic nitrogens is 3. The van der Waals surface area contributed by atoms with Crippen LogP contribution in [-0.2, 0) is 16.1 Å². The second-order valence-electron chi connectivity index (χ2n) is 7.41. The van der Waals surface area contributed by atoms with E-state index in [4.69, 9.17) is 5.73 Å². The minimum atomic E-state index is -0.743. The number of amides is 2. The molecule has 9 nitrogen and oxygen atoms in total. The summed E-state index contributed by atoms with van der Waals surface area (Å²) >= 11 is 0. The number of hydrogen-bond donors (Lipinski definition) is 4. The predicted molar refractivity (Wildman–Crippen MR) is 118 cm³/mol. The highest BCUT2D eigenvalue weighted by molar-refractivity contribution is 6.35. The van der Waals surface area contributed by atoms with Crippen LogP contribution in [0.4, 0.5) is 0 Å². The van der Waals surface area contributed by atoms with Gasteiger partial charge in [-0.2, -0.15) is 0 Å². The number of benzene rings is 2. The smallest absolute Gasteiger partial charge is 0.309 e. The first-order valence-electron chi connectivity index (χ1n) is 10.4. The minimum absolute atomic E-state index is 0.00402. The van der Waals surface area contributed by atoms with Gasteiger partial charge < -0.3 is 21.5 Å². The van der Waals surface area contributed by atoms with E-state index in [0.717, 1.165) is 31.2 Å². The number of aromatic hydroxyl groups is 1. The molecule has 0 unspecified atom stereocenters. The third-order valence-corrected chi connectivity index (χ3v) is 4.88. The predicted octanol–water partition coefficient (Wildman–Crippen LogP) is 1.69. The van der Waals surface area contributed by atoms with Gasteiger partial charge in [0.1, 0.15) is 22.5 Å². The minimum Gasteiger partial charge on any atom is -0.505 e. The molecule has 0 radical (unpaired) electrons. The molecular weight excluding hydrogens is 396 g/mol. The Balaban J connectivity index is 1.61. The zero-order chi connectivity index (χ0) is 22.2. The number of aryl methyl sites for hydroxylation is 1. The number of phenolic OH excluding ortho intramolecular Hbond substituents is 1. The molecule has 2 aromatic carbocycles. The summed E-state index contributed by atoms with van der Waals surface area (Å²) in [5, 5.41) is 24.7. The number of phenols is 1. The Morgan fingerprint density at radius 1 is 1.00 bits per heavy atom. The van der Waals surface area contributed by atoms with Crippen LogP contribution >= 0.6 is 0 Å². The monoisotopic (exact) mass is 424 g/mol. The zero-order valence-electron chi connectivity index (χ0n) is 17.6. The SMILES string of the molecule is Cc1cc(CNC(=O)C(=O)NCCCCCCN)c(O)c(-n2nc3ccccc3n2)c1. The Labute approximate surface area is 180 Å². The molecule has 1 heterocycles. The number of nitrogens with zero attached hydrogens (tertiary/aromatic N) is 3. The van der Waals surface area contributed by atoms with Crippen molar-refractivity contribution in [3.63, 3.8) is 0 Å². The molecule has 0 spiro atoms. The van der Waals surface area contributed by atoms with E-state index in [0.29, 0.717) is 35.4 Å². The number of unbranched alkanes of at least 4 members (excludes halogenated alkanes) is 3. The van der Waals surface area contributed by atoms with Crippen LogP contribution in [0.2, 0.25) is 0 Å². The van der Waals surface area contributed by atoms with Crippen LogP contribution in [0.15, 0.2) is 36.4 Å². The second kappa shape index (κ2) is 10.5. The van der Waals surface area contributed by atoms with Gasteiger partial charge >= 0.3 is 11.8 Å². The largest absolute Gasteiger partial charge is 0.505 e. The Morgan fingerprint density at radius 2 is 1.65 bits per heavy atom. The lowest BCUT2D eigenvalue weighted by Gasteiger charge is -2.12. The lowest BCUT2D eigenvalue weighted by Crippen LogP contribution is -2.40. The number of carbonyl (C=O) groups excluding carboxylic acids is 2. The summed E-state index contributed by atoms with van der Waals surface area (Å²) in [6.45, 7) is 2.98. The first-order valence-corrected chi connectivity index (χ1v) is 10.4. The Bertz CT molecular complexity index is 1030. The molecule has 9 heteroatoms. The maximum Gasteiger partial charge on any atom is 0.309 e. The van der Waals surface area contributed by atoms with Gasteiger partial charge in [-0.15, -0.1) is 15.0 Å². The first-order chi connectivity index (χ1) is 15.0. The van der Waals surface area contributed by atoms with E-state index in [1.807, 2.05) is 31.2 Å². The first kappa shape index (κ1) is 22.2. The molecule has 0 bridgehead atoms. The zero-order valence-corrected chi connectivity index (χ0v) is 17.6. The van der Waals surface area contributed by atoms with Crippen molar-refractivity contribution < 1.29 is 14.7 Å². The van der Waals surface area contributed by atoms with Crippen molar-refractivity contribution in [2.24, 2.45) is 5.73 Å². The molecule has 3 rings (SSSR count). The Hall–Kier alpha value is -3.46. The fourth-order valence-corrected chi connectivity index (χ4v) is 3.25. The molecular formula is C22H28N6O3. The van der Waals surface area contributed by atoms with Crippen molar-refractivity contribution in [1.82, 2.24) is 25.6 Å². The third-order valence-electron chi connectivity index (χ3n) is 4.88. The average Bonchev–Trinajstić information content (AvgIpc) is 3.20. The summed E-state index contributed by atoms with van der Waals surface area (Å²) < 4.78 is 0. The number of rotatable bonds is 9. The van der Waals surface area contributed by atoms with E-state index in [9.17, 15) is 14.7 Å². The van der Waals surface area contributed by atoms with E-state index in [-0.39, 0.29) is 12.3 Å². The highest BCUT2D eigenvalue weighted by Gasteiger charge is 2.17. The molecule has 0 aliphatic carbocycles. The molecule has 0 aliphatic rings. The van der Waals surface area contributed by atoms with E-state index in [1.54, 1.807) is 12.1 Å². The molecule has 1 aromatic heterocycles. The summed E-state index contributed by atoms with van der Waals surface area (Å²) in [5.74, 6) is -1.48. The molecule has 5 N–H and O–H groups in total. The number of nitrogens with one attached hydrogen (secondary N) is 2. The van der Waals surface area contributed by atoms with E-state index < -0.39 is 11.8 Å². The van der Waals surface area contributed by atoms with Crippen LogP contribution < -0.4 is 16.4 Å². The van der Waals surface area contributed by atoms with Crippen LogP contribution in [0.3, 0.4) is 0 Å². The molecule has 2 amide bonds. The van der Waals surface area contributed by atoms with Gasteiger partial charge in [-0.25, -0.2) is 0 Å². The van der Waals surface area contributed by atoms with Crippen LogP contribution in [0.5, 0.6) is 5.75 Å². The van der Waals surface area contributed by atoms with Crippen LogP contribution in [0, 0.1) is 6.92 Å². The molecule has 0 atom stereocenters. The topological polar surface area (TPSA) is 135 Å². The quantitative estimate of drug-likeness (QED) is 0.305. The second-order valence-corrected chi connectivity index (χ2v) is 7.41. The van der Waals surface area contributed by atoms with Gasteiger partial charge in [0.05, 0.1) is 0 Å². The number of hydrogen-bond acceptors (Lipinski definition) is 6. The maximum absolute atomic E-state index is 12.1. The molecule has 0 fully saturated rings. The van der Waals surface area contributed by atoms with Crippen molar-refractivity contribution in [2.45, 2.75) is 39.2 Å². The normalized spacial score (nSPS) is 10.9. The number of fused-ring (bicyclic) bond motifs is 1. The lowest BCUT2D eigenvalue weighted by atomic mass is 10.1. The van der Waals surface area contributed by atoms with Crippen molar-refractivity contribution in [3.05, 3.63) is 47.5 Å². The Kier molecular flexibility index (Phi) is 7.55. The highest BCUT2D eigenvalue weighted by Crippen LogP contribution is 2.28. The van der Waals surface area contributed by atoms with Gasteiger partial charge in [-0.1, -0.05) is 31.0 Å². The van der Waals surface area contributed by atoms with E-state index in [1.165, 1.54) is 4.80 Å². The summed E-state index contributed by atoms with van der Waals surface area (Å²) in [6.07, 6.45) is 3.72. The highest BCUT2D eigenvalue weighted by atomic mass is 16.3. The van der Waals surface area contributed by atoms with E-state index >= 15 is 0 Å². The van der Waals surface area contributed by atoms with Crippen LogP contribution in [0.1, 0.15) is 36.8 Å². The number of nitrogens with two attached hydrogens (primary N) is 1. The summed E-state index contributed by atoms with van der Waals surface area (Å²) in [7, 11) is 0. The standard InChI is InChI=1S/C22H28N6O3/c1-15-12-16(14-25-22(31)21(30)24-11-7-3-2-6-10-23)20(29)19(13-15)28-26-17-8-4-5-9-18(17)27-28/h4-5,8-9,12-13,29H,2-3,6-7,10-11,14,23H2,1H3,(H,24,30)(H,25,31). The van der Waals surface area contributed by atoms with Gasteiger partial charge in [0.25, 0.3) is 0 Å². The fourth-order valence-electron chi connectivity index (χ4n) is 3.25. The molecule has 3 aromatic rings. The van der Waals surface area contributed by atoms with Crippen molar-refractivity contribution in [2.75, 3.05) is 13.1 Å². The van der Waals surface area contributed by atoms with E-state index in [2.05, 4.69) is 20.8 Å². The summed E-state index contributed by atoms with van der Waals surface area (Å²) in [6, 6.07) is 10.9. The van der Waals surface area contributed by atoms with Crippen LogP contribution in [-0.4, -0.2) is 45.0 Å². The summed E-state index contributed by atoms with van der Waals surface area (Å²) in [5.41, 5.74) is 8.59. The number of carbonyl (C=O) groups is 2. The lowest BCUT2D eigenvalue weighted by molar-refractivity contribution is -0.139. The van der Waals surface area contributed by atoms with Crippen molar-refractivity contribution >= 4 is 22.8 Å².